The minimum atomic E-state index is -0.760. The maximum Gasteiger partial charge on any atom is 0.288 e. The van der Waals surface area contributed by atoms with E-state index in [9.17, 15) is 9.59 Å². The number of carbonyl (C=O) groups is 2. The van der Waals surface area contributed by atoms with Crippen LogP contribution in [0.2, 0.25) is 0 Å². The van der Waals surface area contributed by atoms with Crippen molar-refractivity contribution in [1.29, 1.82) is 0 Å². The van der Waals surface area contributed by atoms with Gasteiger partial charge < -0.3 is 19.9 Å². The molecule has 0 spiro atoms. The molecule has 9 nitrogen and oxygen atoms in total. The van der Waals surface area contributed by atoms with E-state index in [1.807, 2.05) is 13.8 Å². The van der Waals surface area contributed by atoms with Gasteiger partial charge in [-0.15, -0.1) is 5.10 Å². The molecular formula is C13H18N4O5S. The van der Waals surface area contributed by atoms with Gasteiger partial charge in [-0.2, -0.15) is 0 Å². The molecule has 1 aromatic heterocycles. The Morgan fingerprint density at radius 2 is 2.09 bits per heavy atom. The lowest BCUT2D eigenvalue weighted by molar-refractivity contribution is -0.195. The van der Waals surface area contributed by atoms with Gasteiger partial charge in [-0.05, 0) is 13.8 Å². The van der Waals surface area contributed by atoms with Gasteiger partial charge in [-0.1, -0.05) is 11.8 Å². The Labute approximate surface area is 136 Å². The molecule has 2 aliphatic heterocycles. The number of hydrogen-bond acceptors (Lipinski definition) is 8. The second-order valence-electron chi connectivity index (χ2n) is 5.84. The molecular weight excluding hydrogens is 324 g/mol. The second-order valence-corrected chi connectivity index (χ2v) is 7.04. The van der Waals surface area contributed by atoms with Crippen LogP contribution in [0.4, 0.5) is 0 Å². The average molecular weight is 342 g/mol. The molecule has 23 heavy (non-hydrogen) atoms. The van der Waals surface area contributed by atoms with Crippen LogP contribution < -0.4 is 5.73 Å². The summed E-state index contributed by atoms with van der Waals surface area (Å²) in [7, 11) is 0. The molecule has 1 unspecified atom stereocenters. The molecule has 2 saturated heterocycles. The van der Waals surface area contributed by atoms with E-state index in [-0.39, 0.29) is 23.1 Å². The Kier molecular flexibility index (Phi) is 4.17. The third kappa shape index (κ3) is 3.25. The number of hydrogen-bond donors (Lipinski definition) is 1. The number of thioether (sulfide) groups is 1. The van der Waals surface area contributed by atoms with Crippen molar-refractivity contribution in [2.45, 2.75) is 51.1 Å². The number of amides is 1. The Hall–Kier alpha value is -1.49. The first-order valence-electron chi connectivity index (χ1n) is 7.12. The van der Waals surface area contributed by atoms with Gasteiger partial charge in [0.15, 0.2) is 17.1 Å². The Bertz CT molecular complexity index is 634. The molecule has 2 fully saturated rings. The number of rotatable bonds is 4. The predicted octanol–water partition coefficient (Wildman–Crippen LogP) is 0.0742. The van der Waals surface area contributed by atoms with Crippen molar-refractivity contribution in [3.63, 3.8) is 0 Å². The van der Waals surface area contributed by atoms with Crippen LogP contribution in [0.1, 0.15) is 37.6 Å². The van der Waals surface area contributed by atoms with Gasteiger partial charge >= 0.3 is 0 Å². The normalized spacial score (nSPS) is 32.0. The van der Waals surface area contributed by atoms with E-state index in [0.717, 1.165) is 0 Å². The third-order valence-electron chi connectivity index (χ3n) is 3.57. The van der Waals surface area contributed by atoms with Gasteiger partial charge in [0.1, 0.15) is 18.5 Å². The first-order chi connectivity index (χ1) is 10.8. The highest BCUT2D eigenvalue weighted by Gasteiger charge is 2.56. The summed E-state index contributed by atoms with van der Waals surface area (Å²) in [6.07, 6.45) is -0.299. The van der Waals surface area contributed by atoms with Crippen molar-refractivity contribution in [2.24, 2.45) is 5.73 Å². The average Bonchev–Trinajstić information content (AvgIpc) is 3.09. The van der Waals surface area contributed by atoms with E-state index in [4.69, 9.17) is 19.9 Å². The van der Waals surface area contributed by atoms with Crippen LogP contribution in [0.25, 0.3) is 0 Å². The van der Waals surface area contributed by atoms with E-state index < -0.39 is 24.0 Å². The highest BCUT2D eigenvalue weighted by molar-refractivity contribution is 8.13. The maximum absolute atomic E-state index is 11.2. The number of primary amides is 1. The third-order valence-corrected chi connectivity index (χ3v) is 4.47. The molecule has 0 bridgehead atoms. The van der Waals surface area contributed by atoms with E-state index in [0.29, 0.717) is 5.75 Å². The lowest BCUT2D eigenvalue weighted by Gasteiger charge is -2.23. The van der Waals surface area contributed by atoms with Crippen molar-refractivity contribution in [1.82, 2.24) is 14.8 Å². The molecule has 10 heteroatoms. The van der Waals surface area contributed by atoms with Gasteiger partial charge in [-0.3, -0.25) is 9.59 Å². The van der Waals surface area contributed by atoms with Gasteiger partial charge in [0.05, 0.1) is 6.10 Å². The number of fused-ring (bicyclic) bond motifs is 1. The van der Waals surface area contributed by atoms with Crippen LogP contribution in [0.5, 0.6) is 0 Å². The molecule has 3 rings (SSSR count). The molecule has 2 aliphatic rings. The van der Waals surface area contributed by atoms with E-state index in [2.05, 4.69) is 10.1 Å². The Balaban J connectivity index is 1.82. The first kappa shape index (κ1) is 16.4. The summed E-state index contributed by atoms with van der Waals surface area (Å²) in [6, 6.07) is 0. The zero-order chi connectivity index (χ0) is 16.8. The van der Waals surface area contributed by atoms with Crippen LogP contribution in [0, 0.1) is 0 Å². The molecule has 1 aromatic rings. The number of nitrogens with zero attached hydrogens (tertiary/aromatic N) is 3. The Morgan fingerprint density at radius 1 is 1.39 bits per heavy atom. The number of carbonyl (C=O) groups excluding carboxylic acids is 2. The van der Waals surface area contributed by atoms with E-state index >= 15 is 0 Å². The minimum absolute atomic E-state index is 0.00328. The highest BCUT2D eigenvalue weighted by Crippen LogP contribution is 2.43. The topological polar surface area (TPSA) is 119 Å². The van der Waals surface area contributed by atoms with Gasteiger partial charge in [0.2, 0.25) is 5.82 Å². The lowest BCUT2D eigenvalue weighted by Crippen LogP contribution is -2.31. The number of nitrogens with two attached hydrogens (primary N) is 1. The summed E-state index contributed by atoms with van der Waals surface area (Å²) in [6.45, 7) is 5.13. The van der Waals surface area contributed by atoms with Gasteiger partial charge in [-0.25, -0.2) is 9.67 Å². The largest absolute Gasteiger partial charge is 0.363 e. The smallest absolute Gasteiger partial charge is 0.288 e. The molecule has 0 aliphatic carbocycles. The quantitative estimate of drug-likeness (QED) is 0.817. The molecule has 0 aromatic carbocycles. The molecule has 2 N–H and O–H groups in total. The van der Waals surface area contributed by atoms with E-state index in [1.54, 1.807) is 0 Å². The summed E-state index contributed by atoms with van der Waals surface area (Å²) in [5.74, 6) is -1.12. The molecule has 1 amide bonds. The van der Waals surface area contributed by atoms with Crippen molar-refractivity contribution >= 4 is 22.8 Å². The van der Waals surface area contributed by atoms with Crippen molar-refractivity contribution in [2.75, 3.05) is 5.75 Å². The fraction of sp³-hybridized carbons (Fsp3) is 0.692. The standard InChI is InChI=1S/C13H18N4O5S/c1-6(18)23-4-7-8-9(22-13(2,3)21-8)12(20-7)17-5-15-11(16-17)10(14)19/h5,7-9,12H,4H2,1-3H3,(H2,14,19)/t7-,8+,9?,12-/m1/s1. The fourth-order valence-electron chi connectivity index (χ4n) is 2.72. The maximum atomic E-state index is 11.2. The lowest BCUT2D eigenvalue weighted by atomic mass is 10.1. The van der Waals surface area contributed by atoms with Crippen LogP contribution >= 0.6 is 11.8 Å². The van der Waals surface area contributed by atoms with Gasteiger partial charge in [0, 0.05) is 12.7 Å². The summed E-state index contributed by atoms with van der Waals surface area (Å²) in [4.78, 5) is 26.2. The zero-order valence-corrected chi connectivity index (χ0v) is 13.8. The monoisotopic (exact) mass is 342 g/mol. The number of aromatic nitrogens is 3. The fourth-order valence-corrected chi connectivity index (χ4v) is 3.38. The van der Waals surface area contributed by atoms with Crippen molar-refractivity contribution in [3.8, 4) is 0 Å². The highest BCUT2D eigenvalue weighted by atomic mass is 32.2. The van der Waals surface area contributed by atoms with Crippen LogP contribution in [-0.2, 0) is 19.0 Å². The van der Waals surface area contributed by atoms with Crippen LogP contribution in [-0.4, -0.2) is 55.6 Å². The molecule has 0 radical (unpaired) electrons. The van der Waals surface area contributed by atoms with Crippen molar-refractivity contribution < 1.29 is 23.8 Å². The molecule has 3 heterocycles. The van der Waals surface area contributed by atoms with Gasteiger partial charge in [0.25, 0.3) is 5.91 Å². The summed E-state index contributed by atoms with van der Waals surface area (Å²) >= 11 is 1.17. The summed E-state index contributed by atoms with van der Waals surface area (Å²) in [5.41, 5.74) is 5.17. The molecule has 126 valence electrons. The zero-order valence-electron chi connectivity index (χ0n) is 13.0. The van der Waals surface area contributed by atoms with Crippen LogP contribution in [0.3, 0.4) is 0 Å². The second kappa shape index (κ2) is 5.86. The SMILES string of the molecule is CC(=O)SC[C@H]1O[C@@H](n2cnc(C(N)=O)n2)C2OC(C)(C)O[C@H]21. The van der Waals surface area contributed by atoms with Crippen LogP contribution in [0.15, 0.2) is 6.33 Å². The molecule has 0 saturated carbocycles. The van der Waals surface area contributed by atoms with Crippen molar-refractivity contribution in [3.05, 3.63) is 12.2 Å². The Morgan fingerprint density at radius 3 is 2.70 bits per heavy atom. The molecule has 4 atom stereocenters. The summed E-state index contributed by atoms with van der Waals surface area (Å²) in [5, 5.41) is 4.03. The summed E-state index contributed by atoms with van der Waals surface area (Å²) < 4.78 is 19.1. The minimum Gasteiger partial charge on any atom is -0.363 e. The van der Waals surface area contributed by atoms with E-state index in [1.165, 1.54) is 29.7 Å². The predicted molar refractivity (Wildman–Crippen MR) is 79.4 cm³/mol. The number of ether oxygens (including phenoxy) is 3. The first-order valence-corrected chi connectivity index (χ1v) is 8.11.